The second-order valence-electron chi connectivity index (χ2n) is 6.68. The van der Waals surface area contributed by atoms with Crippen molar-refractivity contribution >= 4 is 17.4 Å². The maximum atomic E-state index is 14.3. The number of carbonyl (C=O) groups is 2. The quantitative estimate of drug-likeness (QED) is 0.523. The Morgan fingerprint density at radius 3 is 2.26 bits per heavy atom. The zero-order valence-electron chi connectivity index (χ0n) is 17.4. The highest BCUT2D eigenvalue weighted by Crippen LogP contribution is 2.35. The van der Waals surface area contributed by atoms with E-state index in [1.807, 2.05) is 30.3 Å². The van der Waals surface area contributed by atoms with Crippen molar-refractivity contribution in [1.29, 1.82) is 0 Å². The summed E-state index contributed by atoms with van der Waals surface area (Å²) in [6, 6.07) is 16.4. The smallest absolute Gasteiger partial charge is 0.258 e. The summed E-state index contributed by atoms with van der Waals surface area (Å²) in [7, 11) is 2.86. The molecule has 3 rings (SSSR count). The molecule has 0 aromatic heterocycles. The molecule has 3 aromatic carbocycles. The molecule has 0 aliphatic heterocycles. The van der Waals surface area contributed by atoms with Gasteiger partial charge in [0.2, 0.25) is 0 Å². The van der Waals surface area contributed by atoms with Crippen LogP contribution in [0.2, 0.25) is 0 Å². The minimum Gasteiger partial charge on any atom is -0.497 e. The van der Waals surface area contributed by atoms with E-state index in [0.717, 1.165) is 11.6 Å². The van der Waals surface area contributed by atoms with E-state index in [0.29, 0.717) is 17.2 Å². The predicted octanol–water partition coefficient (Wildman–Crippen LogP) is 4.88. The molecule has 0 saturated heterocycles. The maximum Gasteiger partial charge on any atom is 0.258 e. The topological polar surface area (TPSA) is 73.9 Å². The molecule has 6 nitrogen and oxygen atoms in total. The van der Waals surface area contributed by atoms with Gasteiger partial charge in [-0.2, -0.15) is 0 Å². The monoisotopic (exact) mass is 423 g/mol. The number of anilines is 1. The number of benzene rings is 3. The SMILES string of the molecule is COc1ccc(C(=O)Nc2cc(OCc3ccccc3)c(OC)cc2C(C)=O)c(F)c1. The standard InChI is InChI=1S/C24H22FNO5/c1-15(27)19-12-22(30-3)23(31-14-16-7-5-4-6-8-16)13-21(19)26-24(28)18-10-9-17(29-2)11-20(18)25/h4-13H,14H2,1-3H3,(H,26,28). The van der Waals surface area contributed by atoms with Crippen molar-refractivity contribution in [2.75, 3.05) is 19.5 Å². The highest BCUT2D eigenvalue weighted by atomic mass is 19.1. The number of carbonyl (C=O) groups excluding carboxylic acids is 2. The van der Waals surface area contributed by atoms with Crippen molar-refractivity contribution in [2.24, 2.45) is 0 Å². The first-order valence-corrected chi connectivity index (χ1v) is 9.47. The van der Waals surface area contributed by atoms with Gasteiger partial charge in [-0.3, -0.25) is 9.59 Å². The first kappa shape index (κ1) is 21.8. The zero-order valence-corrected chi connectivity index (χ0v) is 17.4. The van der Waals surface area contributed by atoms with Gasteiger partial charge in [-0.1, -0.05) is 30.3 Å². The van der Waals surface area contributed by atoms with E-state index in [-0.39, 0.29) is 29.2 Å². The summed E-state index contributed by atoms with van der Waals surface area (Å²) in [6.45, 7) is 1.63. The van der Waals surface area contributed by atoms with Crippen molar-refractivity contribution in [3.8, 4) is 17.2 Å². The van der Waals surface area contributed by atoms with Crippen LogP contribution >= 0.6 is 0 Å². The summed E-state index contributed by atoms with van der Waals surface area (Å²) in [5, 5.41) is 2.60. The second kappa shape index (κ2) is 9.75. The van der Waals surface area contributed by atoms with Crippen LogP contribution in [0.5, 0.6) is 17.2 Å². The Kier molecular flexibility index (Phi) is 6.87. The van der Waals surface area contributed by atoms with Crippen LogP contribution in [0.4, 0.5) is 10.1 Å². The summed E-state index contributed by atoms with van der Waals surface area (Å²) < 4.78 is 30.5. The van der Waals surface area contributed by atoms with Crippen LogP contribution in [0, 0.1) is 5.82 Å². The average Bonchev–Trinajstić information content (AvgIpc) is 2.77. The molecule has 7 heteroatoms. The minimum atomic E-state index is -0.740. The van der Waals surface area contributed by atoms with E-state index in [9.17, 15) is 14.0 Å². The summed E-state index contributed by atoms with van der Waals surface area (Å²) in [4.78, 5) is 24.8. The van der Waals surface area contributed by atoms with Gasteiger partial charge in [-0.25, -0.2) is 4.39 Å². The molecule has 1 amide bonds. The van der Waals surface area contributed by atoms with Crippen molar-refractivity contribution in [3.63, 3.8) is 0 Å². The number of hydrogen-bond acceptors (Lipinski definition) is 5. The molecular weight excluding hydrogens is 401 g/mol. The van der Waals surface area contributed by atoms with E-state index < -0.39 is 11.7 Å². The molecule has 3 aromatic rings. The summed E-state index contributed by atoms with van der Waals surface area (Å²) >= 11 is 0. The van der Waals surface area contributed by atoms with Crippen LogP contribution in [-0.4, -0.2) is 25.9 Å². The van der Waals surface area contributed by atoms with Crippen LogP contribution in [0.1, 0.15) is 33.2 Å². The number of halogens is 1. The molecule has 31 heavy (non-hydrogen) atoms. The first-order chi connectivity index (χ1) is 14.9. The Balaban J connectivity index is 1.92. The number of methoxy groups -OCH3 is 2. The normalized spacial score (nSPS) is 10.3. The van der Waals surface area contributed by atoms with Gasteiger partial charge in [-0.15, -0.1) is 0 Å². The second-order valence-corrected chi connectivity index (χ2v) is 6.68. The van der Waals surface area contributed by atoms with E-state index in [2.05, 4.69) is 5.32 Å². The molecule has 0 bridgehead atoms. The Bertz CT molecular complexity index is 1100. The van der Waals surface area contributed by atoms with Crippen LogP contribution in [0.3, 0.4) is 0 Å². The number of rotatable bonds is 8. The van der Waals surface area contributed by atoms with Gasteiger partial charge in [0.05, 0.1) is 25.5 Å². The van der Waals surface area contributed by atoms with Crippen LogP contribution in [0.25, 0.3) is 0 Å². The molecule has 0 atom stereocenters. The average molecular weight is 423 g/mol. The lowest BCUT2D eigenvalue weighted by Gasteiger charge is -2.16. The van der Waals surface area contributed by atoms with E-state index in [1.165, 1.54) is 45.4 Å². The molecule has 0 radical (unpaired) electrons. The molecule has 0 fully saturated rings. The molecule has 160 valence electrons. The molecule has 0 saturated carbocycles. The fraction of sp³-hybridized carbons (Fsp3) is 0.167. The number of ketones is 1. The first-order valence-electron chi connectivity index (χ1n) is 9.47. The third-order valence-electron chi connectivity index (χ3n) is 4.59. The molecule has 0 heterocycles. The van der Waals surface area contributed by atoms with Gasteiger partial charge < -0.3 is 19.5 Å². The Morgan fingerprint density at radius 1 is 0.903 bits per heavy atom. The highest BCUT2D eigenvalue weighted by molar-refractivity contribution is 6.09. The molecule has 0 spiro atoms. The van der Waals surface area contributed by atoms with Gasteiger partial charge in [-0.05, 0) is 30.7 Å². The minimum absolute atomic E-state index is 0.183. The maximum absolute atomic E-state index is 14.3. The predicted molar refractivity (Wildman–Crippen MR) is 115 cm³/mol. The van der Waals surface area contributed by atoms with Crippen LogP contribution in [0.15, 0.2) is 60.7 Å². The number of hydrogen-bond donors (Lipinski definition) is 1. The Morgan fingerprint density at radius 2 is 1.65 bits per heavy atom. The fourth-order valence-corrected chi connectivity index (χ4v) is 2.96. The number of ether oxygens (including phenoxy) is 3. The van der Waals surface area contributed by atoms with Crippen molar-refractivity contribution < 1.29 is 28.2 Å². The lowest BCUT2D eigenvalue weighted by molar-refractivity contribution is 0.101. The van der Waals surface area contributed by atoms with Crippen molar-refractivity contribution in [3.05, 3.63) is 83.2 Å². The highest BCUT2D eigenvalue weighted by Gasteiger charge is 2.19. The van der Waals surface area contributed by atoms with Crippen molar-refractivity contribution in [1.82, 2.24) is 0 Å². The molecule has 0 aliphatic carbocycles. The van der Waals surface area contributed by atoms with Gasteiger partial charge in [0, 0.05) is 17.7 Å². The molecular formula is C24H22FNO5. The van der Waals surface area contributed by atoms with Crippen LogP contribution < -0.4 is 19.5 Å². The molecule has 0 aliphatic rings. The fourth-order valence-electron chi connectivity index (χ4n) is 2.96. The number of amides is 1. The van der Waals surface area contributed by atoms with Gasteiger partial charge in [0.25, 0.3) is 5.91 Å². The number of nitrogens with one attached hydrogen (secondary N) is 1. The van der Waals surface area contributed by atoms with Crippen LogP contribution in [-0.2, 0) is 6.61 Å². The van der Waals surface area contributed by atoms with Gasteiger partial charge in [0.15, 0.2) is 17.3 Å². The third kappa shape index (κ3) is 5.19. The van der Waals surface area contributed by atoms with E-state index in [1.54, 1.807) is 0 Å². The lowest BCUT2D eigenvalue weighted by Crippen LogP contribution is -2.16. The molecule has 0 unspecified atom stereocenters. The third-order valence-corrected chi connectivity index (χ3v) is 4.59. The Hall–Kier alpha value is -3.87. The van der Waals surface area contributed by atoms with E-state index in [4.69, 9.17) is 14.2 Å². The lowest BCUT2D eigenvalue weighted by atomic mass is 10.1. The largest absolute Gasteiger partial charge is 0.497 e. The number of Topliss-reactive ketones (excluding diaryl/α,β-unsaturated/α-hetero) is 1. The summed E-state index contributed by atoms with van der Waals surface area (Å²) in [5.74, 6) is -0.772. The summed E-state index contributed by atoms with van der Waals surface area (Å²) in [5.41, 5.74) is 1.16. The zero-order chi connectivity index (χ0) is 22.4. The van der Waals surface area contributed by atoms with Gasteiger partial charge in [0.1, 0.15) is 18.2 Å². The van der Waals surface area contributed by atoms with Crippen molar-refractivity contribution in [2.45, 2.75) is 13.5 Å². The van der Waals surface area contributed by atoms with Gasteiger partial charge >= 0.3 is 0 Å². The molecule has 1 N–H and O–H groups in total. The summed E-state index contributed by atoms with van der Waals surface area (Å²) in [6.07, 6.45) is 0. The van der Waals surface area contributed by atoms with E-state index >= 15 is 0 Å². The Labute approximate surface area is 179 Å².